The van der Waals surface area contributed by atoms with Gasteiger partial charge in [-0.05, 0) is 61.7 Å². The molecular weight excluding hydrogens is 807 g/mol. The molecular formula is C30H23Br2Cl6N3O2. The number of pyridine rings is 2. The molecule has 4 aromatic rings. The van der Waals surface area contributed by atoms with Gasteiger partial charge < -0.3 is 4.90 Å². The van der Waals surface area contributed by atoms with Gasteiger partial charge in [-0.2, -0.15) is 0 Å². The van der Waals surface area contributed by atoms with Gasteiger partial charge in [0.05, 0.1) is 31.2 Å². The first-order chi connectivity index (χ1) is 19.8. The Kier molecular flexibility index (Phi) is 14.9. The standard InChI is InChI=1S/C16H12BrCl3N2O.C13H7BrCl3NO.CH4/c1-22(2)8-12(10-4-3-5-13(18)14(10)19)15(23)11-6-9(17)7-21-16(11)20;14-8-5-9(13(17)18-6-8)11(19)4-7-2-1-3-10(15)12(7)16;/h3-8H,1-2H3;1-3,5-6H,4H2;1H4/b12-8-;;. The van der Waals surface area contributed by atoms with E-state index in [0.717, 1.165) is 0 Å². The van der Waals surface area contributed by atoms with Gasteiger partial charge >= 0.3 is 0 Å². The van der Waals surface area contributed by atoms with Gasteiger partial charge in [-0.15, -0.1) is 0 Å². The second-order valence-electron chi connectivity index (χ2n) is 8.73. The van der Waals surface area contributed by atoms with E-state index in [9.17, 15) is 9.59 Å². The van der Waals surface area contributed by atoms with Gasteiger partial charge in [-0.1, -0.05) is 101 Å². The van der Waals surface area contributed by atoms with Gasteiger partial charge in [0.2, 0.25) is 0 Å². The van der Waals surface area contributed by atoms with Gasteiger partial charge in [0, 0.05) is 59.2 Å². The second kappa shape index (κ2) is 17.1. The maximum Gasteiger partial charge on any atom is 0.198 e. The number of hydrogen-bond donors (Lipinski definition) is 0. The van der Waals surface area contributed by atoms with Crippen molar-refractivity contribution in [2.45, 2.75) is 13.8 Å². The lowest BCUT2D eigenvalue weighted by atomic mass is 9.98. The first kappa shape index (κ1) is 37.5. The molecule has 0 atom stereocenters. The Bertz CT molecular complexity index is 1680. The summed E-state index contributed by atoms with van der Waals surface area (Å²) < 4.78 is 1.35. The molecule has 0 radical (unpaired) electrons. The summed E-state index contributed by atoms with van der Waals surface area (Å²) in [6.45, 7) is 0. The molecule has 2 aromatic carbocycles. The van der Waals surface area contributed by atoms with Crippen LogP contribution in [0.25, 0.3) is 5.57 Å². The maximum atomic E-state index is 13.0. The Hall–Kier alpha value is -1.68. The van der Waals surface area contributed by atoms with Gasteiger partial charge in [0.15, 0.2) is 11.6 Å². The quantitative estimate of drug-likeness (QED) is 0.105. The second-order valence-corrected chi connectivity index (χ2v) is 12.9. The summed E-state index contributed by atoms with van der Waals surface area (Å²) in [7, 11) is 3.62. The number of carbonyl (C=O) groups excluding carboxylic acids is 2. The summed E-state index contributed by atoms with van der Waals surface area (Å²) in [6.07, 6.45) is 4.86. The molecule has 0 fully saturated rings. The van der Waals surface area contributed by atoms with Crippen LogP contribution in [0.15, 0.2) is 76.1 Å². The zero-order valence-corrected chi connectivity index (χ0v) is 29.4. The Balaban J connectivity index is 0.000000298. The van der Waals surface area contributed by atoms with Crippen molar-refractivity contribution in [3.05, 3.63) is 129 Å². The molecule has 0 bridgehead atoms. The molecule has 2 aromatic heterocycles. The predicted octanol–water partition coefficient (Wildman–Crippen LogP) is 11.5. The van der Waals surface area contributed by atoms with Gasteiger partial charge in [0.1, 0.15) is 10.3 Å². The molecule has 0 aliphatic heterocycles. The summed E-state index contributed by atoms with van der Waals surface area (Å²) in [5.74, 6) is -0.454. The molecule has 0 saturated heterocycles. The first-order valence-corrected chi connectivity index (χ1v) is 15.6. The third kappa shape index (κ3) is 10.2. The highest BCUT2D eigenvalue weighted by atomic mass is 79.9. The highest BCUT2D eigenvalue weighted by Crippen LogP contribution is 2.34. The minimum atomic E-state index is -0.290. The predicted molar refractivity (Wildman–Crippen MR) is 188 cm³/mol. The normalized spacial score (nSPS) is 10.8. The summed E-state index contributed by atoms with van der Waals surface area (Å²) >= 11 is 42.9. The van der Waals surface area contributed by atoms with Crippen molar-refractivity contribution in [2.75, 3.05) is 14.1 Å². The summed E-state index contributed by atoms with van der Waals surface area (Å²) in [4.78, 5) is 34.8. The minimum absolute atomic E-state index is 0. The van der Waals surface area contributed by atoms with Crippen LogP contribution in [0.3, 0.4) is 0 Å². The van der Waals surface area contributed by atoms with Crippen molar-refractivity contribution >= 4 is 119 Å². The Morgan fingerprint density at radius 1 is 0.767 bits per heavy atom. The van der Waals surface area contributed by atoms with E-state index >= 15 is 0 Å². The largest absolute Gasteiger partial charge is 0.383 e. The number of carbonyl (C=O) groups is 2. The Labute approximate surface area is 297 Å². The van der Waals surface area contributed by atoms with E-state index in [1.807, 2.05) is 14.1 Å². The minimum Gasteiger partial charge on any atom is -0.383 e. The molecule has 43 heavy (non-hydrogen) atoms. The van der Waals surface area contributed by atoms with E-state index in [-0.39, 0.29) is 41.3 Å². The van der Waals surface area contributed by atoms with Crippen molar-refractivity contribution in [2.24, 2.45) is 0 Å². The van der Waals surface area contributed by atoms with Crippen LogP contribution >= 0.6 is 101 Å². The molecule has 0 spiro atoms. The molecule has 0 N–H and O–H groups in total. The highest BCUT2D eigenvalue weighted by Gasteiger charge is 2.22. The number of Topliss-reactive ketones (excluding diaryl/α,β-unsaturated/α-hetero) is 2. The first-order valence-electron chi connectivity index (χ1n) is 11.8. The van der Waals surface area contributed by atoms with Crippen LogP contribution in [-0.2, 0) is 6.42 Å². The van der Waals surface area contributed by atoms with Crippen molar-refractivity contribution in [3.63, 3.8) is 0 Å². The maximum absolute atomic E-state index is 13.0. The van der Waals surface area contributed by atoms with E-state index in [2.05, 4.69) is 41.8 Å². The smallest absolute Gasteiger partial charge is 0.198 e. The SMILES string of the molecule is C.CN(C)/C=C(\C(=O)c1cc(Br)cnc1Cl)c1cccc(Cl)c1Cl.O=C(Cc1cccc(Cl)c1Cl)c1cc(Br)cnc1Cl. The fourth-order valence-corrected chi connectivity index (χ4v) is 5.37. The molecule has 226 valence electrons. The van der Waals surface area contributed by atoms with E-state index in [0.29, 0.717) is 51.3 Å². The summed E-state index contributed by atoms with van der Waals surface area (Å²) in [5.41, 5.74) is 2.21. The van der Waals surface area contributed by atoms with Crippen LogP contribution in [0.1, 0.15) is 39.3 Å². The molecule has 4 rings (SSSR count). The summed E-state index contributed by atoms with van der Waals surface area (Å²) in [6, 6.07) is 13.6. The van der Waals surface area contributed by atoms with Gasteiger partial charge in [0.25, 0.3) is 0 Å². The number of halogens is 8. The molecule has 0 saturated carbocycles. The summed E-state index contributed by atoms with van der Waals surface area (Å²) in [5, 5.41) is 1.80. The average molecular weight is 830 g/mol. The molecule has 0 amide bonds. The van der Waals surface area contributed by atoms with Crippen LogP contribution in [0.5, 0.6) is 0 Å². The fraction of sp³-hybridized carbons (Fsp3) is 0.133. The van der Waals surface area contributed by atoms with Crippen LogP contribution < -0.4 is 0 Å². The molecule has 2 heterocycles. The van der Waals surface area contributed by atoms with E-state index in [1.165, 1.54) is 12.4 Å². The number of rotatable bonds is 7. The van der Waals surface area contributed by atoms with Crippen molar-refractivity contribution in [3.8, 4) is 0 Å². The van der Waals surface area contributed by atoms with Crippen LogP contribution in [0.4, 0.5) is 0 Å². The molecule has 5 nitrogen and oxygen atoms in total. The lowest BCUT2D eigenvalue weighted by Crippen LogP contribution is -2.10. The van der Waals surface area contributed by atoms with E-state index in [4.69, 9.17) is 69.6 Å². The highest BCUT2D eigenvalue weighted by molar-refractivity contribution is 9.10. The lowest BCUT2D eigenvalue weighted by Gasteiger charge is -2.14. The van der Waals surface area contributed by atoms with Crippen LogP contribution in [-0.4, -0.2) is 40.5 Å². The topological polar surface area (TPSA) is 63.2 Å². The van der Waals surface area contributed by atoms with E-state index in [1.54, 1.807) is 59.6 Å². The lowest BCUT2D eigenvalue weighted by molar-refractivity contribution is 0.0991. The van der Waals surface area contributed by atoms with Crippen LogP contribution in [0, 0.1) is 0 Å². The monoisotopic (exact) mass is 825 g/mol. The third-order valence-corrected chi connectivity index (χ3v) is 8.56. The number of ketones is 2. The Morgan fingerprint density at radius 3 is 1.86 bits per heavy atom. The molecule has 0 aliphatic carbocycles. The average Bonchev–Trinajstić information content (AvgIpc) is 2.94. The molecule has 0 unspecified atom stereocenters. The number of nitrogens with zero attached hydrogens (tertiary/aromatic N) is 3. The zero-order chi connectivity index (χ0) is 31.1. The zero-order valence-electron chi connectivity index (χ0n) is 21.7. The number of benzene rings is 2. The van der Waals surface area contributed by atoms with Crippen molar-refractivity contribution in [1.29, 1.82) is 0 Å². The van der Waals surface area contributed by atoms with Crippen LogP contribution in [0.2, 0.25) is 30.4 Å². The van der Waals surface area contributed by atoms with Gasteiger partial charge in [-0.25, -0.2) is 9.97 Å². The van der Waals surface area contributed by atoms with Crippen molar-refractivity contribution in [1.82, 2.24) is 14.9 Å². The van der Waals surface area contributed by atoms with Crippen molar-refractivity contribution < 1.29 is 9.59 Å². The number of hydrogen-bond acceptors (Lipinski definition) is 5. The van der Waals surface area contributed by atoms with E-state index < -0.39 is 0 Å². The number of aromatic nitrogens is 2. The molecule has 13 heteroatoms. The number of allylic oxidation sites excluding steroid dienone is 1. The fourth-order valence-electron chi connectivity index (χ4n) is 3.52. The Morgan fingerprint density at radius 2 is 1.28 bits per heavy atom. The molecule has 0 aliphatic rings. The third-order valence-electron chi connectivity index (χ3n) is 5.41. The van der Waals surface area contributed by atoms with Gasteiger partial charge in [-0.3, -0.25) is 9.59 Å².